The van der Waals surface area contributed by atoms with E-state index < -0.39 is 10.0 Å². The van der Waals surface area contributed by atoms with Crippen molar-refractivity contribution in [2.75, 3.05) is 33.5 Å². The van der Waals surface area contributed by atoms with Crippen molar-refractivity contribution in [1.29, 1.82) is 0 Å². The highest BCUT2D eigenvalue weighted by atomic mass is 32.2. The average molecular weight is 379 g/mol. The van der Waals surface area contributed by atoms with E-state index in [1.54, 1.807) is 19.2 Å². The molecule has 2 aromatic carbocycles. The van der Waals surface area contributed by atoms with Gasteiger partial charge >= 0.3 is 0 Å². The lowest BCUT2D eigenvalue weighted by Crippen LogP contribution is -2.26. The normalized spacial score (nSPS) is 11.3. The fraction of sp³-hybridized carbons (Fsp3) is 0.368. The van der Waals surface area contributed by atoms with Crippen LogP contribution in [0.2, 0.25) is 0 Å². The molecule has 0 heterocycles. The molecule has 0 saturated heterocycles. The molecule has 7 heteroatoms. The summed E-state index contributed by atoms with van der Waals surface area (Å²) >= 11 is 0. The molecule has 2 rings (SSSR count). The fourth-order valence-corrected chi connectivity index (χ4v) is 3.31. The first-order valence-electron chi connectivity index (χ1n) is 8.48. The number of hydrogen-bond acceptors (Lipinski definition) is 5. The first-order chi connectivity index (χ1) is 12.5. The highest BCUT2D eigenvalue weighted by Gasteiger charge is 2.13. The molecule has 0 amide bonds. The first kappa shape index (κ1) is 20.2. The highest BCUT2D eigenvalue weighted by molar-refractivity contribution is 7.89. The third-order valence-electron chi connectivity index (χ3n) is 3.70. The summed E-state index contributed by atoms with van der Waals surface area (Å²) in [6, 6.07) is 13.9. The van der Waals surface area contributed by atoms with Gasteiger partial charge in [-0.15, -0.1) is 0 Å². The van der Waals surface area contributed by atoms with Crippen LogP contribution in [0.15, 0.2) is 53.4 Å². The van der Waals surface area contributed by atoms with Crippen molar-refractivity contribution < 1.29 is 22.6 Å². The summed E-state index contributed by atoms with van der Waals surface area (Å²) in [4.78, 5) is 0.212. The number of methoxy groups -OCH3 is 1. The van der Waals surface area contributed by atoms with Gasteiger partial charge in [-0.3, -0.25) is 0 Å². The number of ether oxygens (including phenoxy) is 3. The van der Waals surface area contributed by atoms with E-state index in [0.29, 0.717) is 38.5 Å². The summed E-state index contributed by atoms with van der Waals surface area (Å²) in [5.41, 5.74) is 1.03. The molecule has 0 spiro atoms. The molecule has 0 saturated carbocycles. The van der Waals surface area contributed by atoms with Crippen LogP contribution in [0.1, 0.15) is 12.5 Å². The summed E-state index contributed by atoms with van der Waals surface area (Å²) in [5, 5.41) is 0. The second-order valence-electron chi connectivity index (χ2n) is 5.51. The molecule has 0 bridgehead atoms. The fourth-order valence-electron chi connectivity index (χ4n) is 2.28. The average Bonchev–Trinajstić information content (AvgIpc) is 2.66. The van der Waals surface area contributed by atoms with E-state index in [-0.39, 0.29) is 4.90 Å². The van der Waals surface area contributed by atoms with Crippen LogP contribution in [0.3, 0.4) is 0 Å². The van der Waals surface area contributed by atoms with E-state index >= 15 is 0 Å². The third kappa shape index (κ3) is 6.33. The second-order valence-corrected chi connectivity index (χ2v) is 7.28. The monoisotopic (exact) mass is 379 g/mol. The van der Waals surface area contributed by atoms with Crippen LogP contribution in [0.25, 0.3) is 0 Å². The largest absolute Gasteiger partial charge is 0.497 e. The Kier molecular flexibility index (Phi) is 7.90. The van der Waals surface area contributed by atoms with E-state index in [9.17, 15) is 8.42 Å². The lowest BCUT2D eigenvalue weighted by atomic mass is 10.1. The Morgan fingerprint density at radius 2 is 1.58 bits per heavy atom. The molecule has 0 atom stereocenters. The highest BCUT2D eigenvalue weighted by Crippen LogP contribution is 2.16. The van der Waals surface area contributed by atoms with Crippen LogP contribution in [0, 0.1) is 0 Å². The second kappa shape index (κ2) is 10.2. The molecule has 1 N–H and O–H groups in total. The zero-order chi connectivity index (χ0) is 18.8. The van der Waals surface area contributed by atoms with Gasteiger partial charge in [0.15, 0.2) is 0 Å². The van der Waals surface area contributed by atoms with Gasteiger partial charge < -0.3 is 14.2 Å². The van der Waals surface area contributed by atoms with Gasteiger partial charge in [0, 0.05) is 13.2 Å². The number of nitrogens with one attached hydrogen (secondary N) is 1. The SMILES string of the molecule is CCOCCOc1ccc(S(=O)(=O)NCCc2ccc(OC)cc2)cc1. The summed E-state index contributed by atoms with van der Waals surface area (Å²) in [6.45, 7) is 3.81. The first-order valence-corrected chi connectivity index (χ1v) is 9.96. The Balaban J connectivity index is 1.84. The topological polar surface area (TPSA) is 73.9 Å². The zero-order valence-corrected chi connectivity index (χ0v) is 15.9. The van der Waals surface area contributed by atoms with Crippen LogP contribution < -0.4 is 14.2 Å². The summed E-state index contributed by atoms with van der Waals surface area (Å²) < 4.78 is 43.1. The predicted octanol–water partition coefficient (Wildman–Crippen LogP) is 2.63. The minimum Gasteiger partial charge on any atom is -0.497 e. The Hall–Kier alpha value is -2.09. The van der Waals surface area contributed by atoms with Crippen LogP contribution in [-0.2, 0) is 21.2 Å². The van der Waals surface area contributed by atoms with E-state index in [1.807, 2.05) is 31.2 Å². The molecule has 2 aromatic rings. The van der Waals surface area contributed by atoms with Crippen LogP contribution >= 0.6 is 0 Å². The quantitative estimate of drug-likeness (QED) is 0.608. The summed E-state index contributed by atoms with van der Waals surface area (Å²) in [5.74, 6) is 1.39. The molecule has 0 aromatic heterocycles. The predicted molar refractivity (Wildman–Crippen MR) is 100 cm³/mol. The molecular weight excluding hydrogens is 354 g/mol. The molecule has 6 nitrogen and oxygen atoms in total. The number of benzene rings is 2. The van der Waals surface area contributed by atoms with Gasteiger partial charge in [-0.1, -0.05) is 12.1 Å². The number of hydrogen-bond donors (Lipinski definition) is 1. The van der Waals surface area contributed by atoms with Crippen molar-refractivity contribution >= 4 is 10.0 Å². The maximum Gasteiger partial charge on any atom is 0.240 e. The smallest absolute Gasteiger partial charge is 0.240 e. The van der Waals surface area contributed by atoms with Gasteiger partial charge in [0.2, 0.25) is 10.0 Å². The Labute approximate surface area is 155 Å². The van der Waals surface area contributed by atoms with Crippen molar-refractivity contribution in [3.8, 4) is 11.5 Å². The molecule has 0 radical (unpaired) electrons. The third-order valence-corrected chi connectivity index (χ3v) is 5.18. The minimum atomic E-state index is -3.54. The van der Waals surface area contributed by atoms with Crippen molar-refractivity contribution in [3.05, 3.63) is 54.1 Å². The van der Waals surface area contributed by atoms with Crippen molar-refractivity contribution in [3.63, 3.8) is 0 Å². The van der Waals surface area contributed by atoms with E-state index in [4.69, 9.17) is 14.2 Å². The number of sulfonamides is 1. The van der Waals surface area contributed by atoms with Gasteiger partial charge in [-0.2, -0.15) is 0 Å². The molecule has 0 unspecified atom stereocenters. The summed E-state index contributed by atoms with van der Waals surface area (Å²) in [7, 11) is -1.93. The molecule has 0 fully saturated rings. The molecular formula is C19H25NO5S. The van der Waals surface area contributed by atoms with Crippen LogP contribution in [-0.4, -0.2) is 41.9 Å². The molecule has 142 valence electrons. The van der Waals surface area contributed by atoms with Gasteiger partial charge in [0.1, 0.15) is 18.1 Å². The Bertz CT molecular complexity index is 758. The van der Waals surface area contributed by atoms with Crippen LogP contribution in [0.5, 0.6) is 11.5 Å². The van der Waals surface area contributed by atoms with Crippen molar-refractivity contribution in [2.45, 2.75) is 18.2 Å². The van der Waals surface area contributed by atoms with E-state index in [2.05, 4.69) is 4.72 Å². The van der Waals surface area contributed by atoms with Gasteiger partial charge in [0.05, 0.1) is 18.6 Å². The molecule has 0 aliphatic rings. The lowest BCUT2D eigenvalue weighted by Gasteiger charge is -2.09. The van der Waals surface area contributed by atoms with Crippen molar-refractivity contribution in [1.82, 2.24) is 4.72 Å². The van der Waals surface area contributed by atoms with E-state index in [0.717, 1.165) is 11.3 Å². The van der Waals surface area contributed by atoms with Crippen molar-refractivity contribution in [2.24, 2.45) is 0 Å². The lowest BCUT2D eigenvalue weighted by molar-refractivity contribution is 0.110. The summed E-state index contributed by atoms with van der Waals surface area (Å²) in [6.07, 6.45) is 0.599. The Morgan fingerprint density at radius 1 is 0.923 bits per heavy atom. The Morgan fingerprint density at radius 3 is 2.19 bits per heavy atom. The molecule has 26 heavy (non-hydrogen) atoms. The number of rotatable bonds is 11. The van der Waals surface area contributed by atoms with Gasteiger partial charge in [-0.05, 0) is 55.3 Å². The van der Waals surface area contributed by atoms with Crippen LogP contribution in [0.4, 0.5) is 0 Å². The maximum atomic E-state index is 12.3. The standard InChI is InChI=1S/C19H25NO5S/c1-3-24-14-15-25-18-8-10-19(11-9-18)26(21,22)20-13-12-16-4-6-17(23-2)7-5-16/h4-11,20H,3,12-15H2,1-2H3. The van der Waals surface area contributed by atoms with Gasteiger partial charge in [0.25, 0.3) is 0 Å². The van der Waals surface area contributed by atoms with Gasteiger partial charge in [-0.25, -0.2) is 13.1 Å². The maximum absolute atomic E-state index is 12.3. The minimum absolute atomic E-state index is 0.212. The van der Waals surface area contributed by atoms with E-state index in [1.165, 1.54) is 12.1 Å². The molecule has 0 aliphatic heterocycles. The zero-order valence-electron chi connectivity index (χ0n) is 15.1. The molecule has 0 aliphatic carbocycles.